The molecule has 0 radical (unpaired) electrons. The van der Waals surface area contributed by atoms with Crippen LogP contribution < -0.4 is 4.74 Å². The molecule has 3 rings (SSSR count). The molecule has 1 heterocycles. The lowest BCUT2D eigenvalue weighted by Crippen LogP contribution is -2.61. The molecule has 2 aromatic carbocycles. The van der Waals surface area contributed by atoms with Crippen LogP contribution in [0, 0.1) is 10.1 Å². The molecule has 0 saturated carbocycles. The van der Waals surface area contributed by atoms with E-state index in [-0.39, 0.29) is 11.3 Å². The monoisotopic (exact) mass is 477 g/mol. The lowest BCUT2D eigenvalue weighted by molar-refractivity contribution is -0.384. The number of hydrogen-bond acceptors (Lipinski definition) is 6. The molecule has 0 N–H and O–H groups in total. The number of methoxy groups -OCH3 is 1. The van der Waals surface area contributed by atoms with Gasteiger partial charge in [-0.25, -0.2) is 4.79 Å². The fourth-order valence-electron chi connectivity index (χ4n) is 3.07. The highest BCUT2D eigenvalue weighted by atomic mass is 19.4. The number of halogens is 6. The average Bonchev–Trinajstić information content (AvgIpc) is 2.71. The molecule has 13 heteroatoms. The third kappa shape index (κ3) is 4.43. The summed E-state index contributed by atoms with van der Waals surface area (Å²) in [6.45, 7) is -1.82. The smallest absolute Gasteiger partial charge is 0.436 e. The maximum absolute atomic E-state index is 13.8. The van der Waals surface area contributed by atoms with E-state index in [1.165, 1.54) is 19.2 Å². The molecule has 0 saturated heterocycles. The summed E-state index contributed by atoms with van der Waals surface area (Å²) in [6.07, 6.45) is -11.1. The van der Waals surface area contributed by atoms with Crippen LogP contribution in [0.1, 0.15) is 15.9 Å². The summed E-state index contributed by atoms with van der Waals surface area (Å²) in [5.41, 5.74) is -7.09. The number of esters is 1. The molecule has 2 aromatic rings. The zero-order chi connectivity index (χ0) is 24.6. The SMILES string of the molecule is COc1ccc(C2=C(C(F)(F)F)[C@](COC(=O)c3ccc([N+](=O)[O-])cc3)(C(F)(F)F)O2)cc1. The van der Waals surface area contributed by atoms with Gasteiger partial charge in [-0.2, -0.15) is 26.3 Å². The van der Waals surface area contributed by atoms with Gasteiger partial charge in [0, 0.05) is 17.7 Å². The quantitative estimate of drug-likeness (QED) is 0.250. The Labute approximate surface area is 181 Å². The third-order valence-electron chi connectivity index (χ3n) is 4.72. The second kappa shape index (κ2) is 8.30. The zero-order valence-electron chi connectivity index (χ0n) is 16.5. The van der Waals surface area contributed by atoms with Gasteiger partial charge in [0.05, 0.1) is 17.6 Å². The fraction of sp³-hybridized carbons (Fsp3) is 0.250. The summed E-state index contributed by atoms with van der Waals surface area (Å²) < 4.78 is 96.5. The van der Waals surface area contributed by atoms with E-state index < -0.39 is 58.0 Å². The molecule has 7 nitrogen and oxygen atoms in total. The first-order valence-electron chi connectivity index (χ1n) is 8.94. The third-order valence-corrected chi connectivity index (χ3v) is 4.72. The van der Waals surface area contributed by atoms with Crippen LogP contribution in [0.25, 0.3) is 5.76 Å². The van der Waals surface area contributed by atoms with E-state index in [9.17, 15) is 41.3 Å². The number of ether oxygens (including phenoxy) is 3. The zero-order valence-corrected chi connectivity index (χ0v) is 16.5. The highest BCUT2D eigenvalue weighted by molar-refractivity contribution is 5.89. The van der Waals surface area contributed by atoms with Gasteiger partial charge in [-0.3, -0.25) is 10.1 Å². The van der Waals surface area contributed by atoms with Gasteiger partial charge >= 0.3 is 18.3 Å². The van der Waals surface area contributed by atoms with Crippen LogP contribution in [0.2, 0.25) is 0 Å². The minimum atomic E-state index is -5.59. The molecule has 1 aliphatic rings. The molecular weight excluding hydrogens is 464 g/mol. The second-order valence-corrected chi connectivity index (χ2v) is 6.74. The standard InChI is InChI=1S/C20H13F6NO6/c1-31-14-8-4-11(5-9-14)15-16(19(21,22)23)18(33-15,20(24,25)26)10-32-17(28)12-2-6-13(7-3-12)27(29)30/h2-9H,10H2,1H3/t18-/m1/s1. The second-order valence-electron chi connectivity index (χ2n) is 6.74. The van der Waals surface area contributed by atoms with Crippen LogP contribution in [0.3, 0.4) is 0 Å². The summed E-state index contributed by atoms with van der Waals surface area (Å²) >= 11 is 0. The number of benzene rings is 2. The summed E-state index contributed by atoms with van der Waals surface area (Å²) in [4.78, 5) is 21.9. The largest absolute Gasteiger partial charge is 0.497 e. The van der Waals surface area contributed by atoms with Crippen LogP contribution in [-0.4, -0.2) is 42.6 Å². The average molecular weight is 477 g/mol. The first kappa shape index (κ1) is 23.9. The normalized spacial score (nSPS) is 18.3. The van der Waals surface area contributed by atoms with Gasteiger partial charge in [-0.15, -0.1) is 0 Å². The van der Waals surface area contributed by atoms with E-state index in [1.807, 2.05) is 0 Å². The molecule has 1 atom stereocenters. The number of alkyl halides is 6. The number of nitro benzene ring substituents is 1. The van der Waals surface area contributed by atoms with Crippen molar-refractivity contribution in [3.8, 4) is 5.75 Å². The van der Waals surface area contributed by atoms with Gasteiger partial charge in [0.1, 0.15) is 23.7 Å². The number of nitrogens with zero attached hydrogens (tertiary/aromatic N) is 1. The van der Waals surface area contributed by atoms with Crippen LogP contribution >= 0.6 is 0 Å². The van der Waals surface area contributed by atoms with Gasteiger partial charge in [0.15, 0.2) is 0 Å². The molecule has 0 aromatic heterocycles. The van der Waals surface area contributed by atoms with E-state index in [4.69, 9.17) is 4.74 Å². The Hall–Kier alpha value is -3.77. The first-order chi connectivity index (χ1) is 15.3. The Morgan fingerprint density at radius 3 is 2.06 bits per heavy atom. The minimum Gasteiger partial charge on any atom is -0.497 e. The number of nitro groups is 1. The lowest BCUT2D eigenvalue weighted by Gasteiger charge is -2.46. The molecule has 0 amide bonds. The van der Waals surface area contributed by atoms with Crippen molar-refractivity contribution in [3.63, 3.8) is 0 Å². The first-order valence-corrected chi connectivity index (χ1v) is 8.94. The molecule has 1 aliphatic heterocycles. The Morgan fingerprint density at radius 2 is 1.61 bits per heavy atom. The molecule has 33 heavy (non-hydrogen) atoms. The summed E-state index contributed by atoms with van der Waals surface area (Å²) in [5.74, 6) is -2.23. The summed E-state index contributed by atoms with van der Waals surface area (Å²) in [6, 6.07) is 8.21. The molecular formula is C20H13F6NO6. The molecule has 0 aliphatic carbocycles. The lowest BCUT2D eigenvalue weighted by atomic mass is 9.84. The van der Waals surface area contributed by atoms with Crippen molar-refractivity contribution < 1.29 is 50.3 Å². The van der Waals surface area contributed by atoms with E-state index >= 15 is 0 Å². The van der Waals surface area contributed by atoms with E-state index in [2.05, 4.69) is 9.47 Å². The fourth-order valence-corrected chi connectivity index (χ4v) is 3.07. The van der Waals surface area contributed by atoms with Crippen LogP contribution in [0.15, 0.2) is 54.1 Å². The van der Waals surface area contributed by atoms with Crippen LogP contribution in [0.5, 0.6) is 5.75 Å². The van der Waals surface area contributed by atoms with Gasteiger partial charge < -0.3 is 14.2 Å². The van der Waals surface area contributed by atoms with Crippen molar-refractivity contribution in [3.05, 3.63) is 75.3 Å². The number of carbonyl (C=O) groups is 1. The van der Waals surface area contributed by atoms with Gasteiger partial charge in [0.25, 0.3) is 11.3 Å². The maximum atomic E-state index is 13.8. The predicted molar refractivity (Wildman–Crippen MR) is 99.2 cm³/mol. The van der Waals surface area contributed by atoms with E-state index in [0.717, 1.165) is 36.4 Å². The van der Waals surface area contributed by atoms with Gasteiger partial charge in [0.2, 0.25) is 0 Å². The Bertz CT molecular complexity index is 1090. The summed E-state index contributed by atoms with van der Waals surface area (Å²) in [5, 5.41) is 10.6. The summed E-state index contributed by atoms with van der Waals surface area (Å²) in [7, 11) is 1.29. The molecule has 0 fully saturated rings. The number of hydrogen-bond donors (Lipinski definition) is 0. The number of non-ortho nitro benzene ring substituents is 1. The molecule has 0 spiro atoms. The van der Waals surface area contributed by atoms with Crippen molar-refractivity contribution in [1.29, 1.82) is 0 Å². The highest BCUT2D eigenvalue weighted by Crippen LogP contribution is 2.57. The number of rotatable bonds is 6. The number of carbonyl (C=O) groups excluding carboxylic acids is 1. The minimum absolute atomic E-state index is 0.256. The highest BCUT2D eigenvalue weighted by Gasteiger charge is 2.73. The maximum Gasteiger partial charge on any atom is 0.436 e. The predicted octanol–water partition coefficient (Wildman–Crippen LogP) is 5.07. The van der Waals surface area contributed by atoms with Crippen LogP contribution in [-0.2, 0) is 9.47 Å². The van der Waals surface area contributed by atoms with Crippen molar-refractivity contribution in [2.24, 2.45) is 0 Å². The van der Waals surface area contributed by atoms with Gasteiger partial charge in [-0.1, -0.05) is 0 Å². The van der Waals surface area contributed by atoms with Crippen molar-refractivity contribution in [2.75, 3.05) is 13.7 Å². The van der Waals surface area contributed by atoms with Crippen molar-refractivity contribution in [2.45, 2.75) is 18.0 Å². The van der Waals surface area contributed by atoms with Crippen molar-refractivity contribution >= 4 is 17.4 Å². The molecule has 0 unspecified atom stereocenters. The Kier molecular flexibility index (Phi) is 6.00. The molecule has 176 valence electrons. The van der Waals surface area contributed by atoms with Crippen LogP contribution in [0.4, 0.5) is 32.0 Å². The van der Waals surface area contributed by atoms with E-state index in [1.54, 1.807) is 0 Å². The van der Waals surface area contributed by atoms with Gasteiger partial charge in [-0.05, 0) is 36.4 Å². The molecule has 0 bridgehead atoms. The Balaban J connectivity index is 1.94. The Morgan fingerprint density at radius 1 is 1.03 bits per heavy atom. The van der Waals surface area contributed by atoms with Crippen molar-refractivity contribution in [1.82, 2.24) is 0 Å². The topological polar surface area (TPSA) is 87.9 Å². The van der Waals surface area contributed by atoms with E-state index in [0.29, 0.717) is 0 Å².